The van der Waals surface area contributed by atoms with Crippen LogP contribution in [0.5, 0.6) is 5.75 Å². The number of rotatable bonds is 2. The maximum absolute atomic E-state index is 9.58. The lowest BCUT2D eigenvalue weighted by atomic mass is 10.0. The number of benzene rings is 2. The van der Waals surface area contributed by atoms with Crippen LogP contribution in [0.4, 0.5) is 0 Å². The van der Waals surface area contributed by atoms with E-state index >= 15 is 0 Å². The Balaban J connectivity index is 2.59. The van der Waals surface area contributed by atoms with Crippen molar-refractivity contribution in [3.8, 4) is 5.75 Å². The topological polar surface area (TPSA) is 20.2 Å². The molecule has 0 aliphatic carbocycles. The Morgan fingerprint density at radius 2 is 2.00 bits per heavy atom. The maximum Gasteiger partial charge on any atom is 0.129 e. The first-order valence-electron chi connectivity index (χ1n) is 5.12. The zero-order valence-corrected chi connectivity index (χ0v) is 10.8. The predicted octanol–water partition coefficient (Wildman–Crippen LogP) is 4.10. The Kier molecular flexibility index (Phi) is 3.14. The summed E-state index contributed by atoms with van der Waals surface area (Å²) in [5.41, 5.74) is 1.37. The minimum atomic E-state index is 0.367. The van der Waals surface area contributed by atoms with Gasteiger partial charge in [0.2, 0.25) is 0 Å². The van der Waals surface area contributed by atoms with Gasteiger partial charge in [-0.3, -0.25) is 0 Å². The van der Waals surface area contributed by atoms with Crippen LogP contribution >= 0.6 is 22.6 Å². The van der Waals surface area contributed by atoms with Crippen molar-refractivity contribution in [1.29, 1.82) is 0 Å². The van der Waals surface area contributed by atoms with E-state index in [0.29, 0.717) is 5.75 Å². The molecule has 0 bridgehead atoms. The molecule has 1 N–H and O–H groups in total. The summed E-state index contributed by atoms with van der Waals surface area (Å²) in [5, 5.41) is 11.9. The minimum Gasteiger partial charge on any atom is -0.507 e. The average Bonchev–Trinajstić information content (AvgIpc) is 2.24. The van der Waals surface area contributed by atoms with Crippen molar-refractivity contribution in [3.05, 3.63) is 39.5 Å². The van der Waals surface area contributed by atoms with Gasteiger partial charge < -0.3 is 5.11 Å². The standard InChI is InChI=1S/C13H13IO/c1-2-3-9-4-6-11-10(8-9)5-7-12(15)13(11)14/h4-8,15H,2-3H2,1H3. The molecule has 0 amide bonds. The van der Waals surface area contributed by atoms with Crippen molar-refractivity contribution in [1.82, 2.24) is 0 Å². The Bertz CT molecular complexity index is 491. The highest BCUT2D eigenvalue weighted by Crippen LogP contribution is 2.29. The molecule has 78 valence electrons. The highest BCUT2D eigenvalue weighted by molar-refractivity contribution is 14.1. The second-order valence-corrected chi connectivity index (χ2v) is 4.78. The molecule has 0 radical (unpaired) electrons. The summed E-state index contributed by atoms with van der Waals surface area (Å²) in [6.07, 6.45) is 2.29. The molecule has 0 unspecified atom stereocenters. The second-order valence-electron chi connectivity index (χ2n) is 3.70. The van der Waals surface area contributed by atoms with Crippen LogP contribution in [0.15, 0.2) is 30.3 Å². The molecule has 0 fully saturated rings. The third-order valence-corrected chi connectivity index (χ3v) is 3.67. The fourth-order valence-corrected chi connectivity index (χ4v) is 2.44. The van der Waals surface area contributed by atoms with Gasteiger partial charge in [0.1, 0.15) is 5.75 Å². The zero-order valence-electron chi connectivity index (χ0n) is 8.63. The molecule has 2 aromatic carbocycles. The number of halogens is 1. The molecule has 2 heteroatoms. The third kappa shape index (κ3) is 2.09. The number of aromatic hydroxyl groups is 1. The first-order chi connectivity index (χ1) is 7.22. The number of hydrogen-bond acceptors (Lipinski definition) is 1. The van der Waals surface area contributed by atoms with E-state index in [4.69, 9.17) is 0 Å². The summed E-state index contributed by atoms with van der Waals surface area (Å²) >= 11 is 2.19. The van der Waals surface area contributed by atoms with Gasteiger partial charge in [0.05, 0.1) is 3.57 Å². The molecule has 0 spiro atoms. The van der Waals surface area contributed by atoms with E-state index in [1.807, 2.05) is 6.07 Å². The van der Waals surface area contributed by atoms with Crippen LogP contribution in [-0.2, 0) is 6.42 Å². The summed E-state index contributed by atoms with van der Waals surface area (Å²) in [6.45, 7) is 2.19. The summed E-state index contributed by atoms with van der Waals surface area (Å²) in [7, 11) is 0. The van der Waals surface area contributed by atoms with E-state index in [1.165, 1.54) is 17.4 Å². The first-order valence-corrected chi connectivity index (χ1v) is 6.20. The molecule has 2 aromatic rings. The molecule has 0 aliphatic heterocycles. The van der Waals surface area contributed by atoms with Crippen molar-refractivity contribution in [2.24, 2.45) is 0 Å². The lowest BCUT2D eigenvalue weighted by molar-refractivity contribution is 0.472. The minimum absolute atomic E-state index is 0.367. The molecule has 2 rings (SSSR count). The Morgan fingerprint density at radius 1 is 1.20 bits per heavy atom. The summed E-state index contributed by atoms with van der Waals surface area (Å²) in [4.78, 5) is 0. The van der Waals surface area contributed by atoms with E-state index in [-0.39, 0.29) is 0 Å². The number of phenolic OH excluding ortho intramolecular Hbond substituents is 1. The van der Waals surface area contributed by atoms with Crippen molar-refractivity contribution < 1.29 is 5.11 Å². The predicted molar refractivity (Wildman–Crippen MR) is 72.3 cm³/mol. The lowest BCUT2D eigenvalue weighted by Gasteiger charge is -2.05. The van der Waals surface area contributed by atoms with Gasteiger partial charge in [0, 0.05) is 0 Å². The van der Waals surface area contributed by atoms with E-state index in [1.54, 1.807) is 6.07 Å². The molecule has 1 nitrogen and oxygen atoms in total. The van der Waals surface area contributed by atoms with Crippen LogP contribution in [0.3, 0.4) is 0 Å². The highest BCUT2D eigenvalue weighted by atomic mass is 127. The van der Waals surface area contributed by atoms with Gasteiger partial charge in [0.25, 0.3) is 0 Å². The average molecular weight is 312 g/mol. The van der Waals surface area contributed by atoms with Gasteiger partial charge in [-0.15, -0.1) is 0 Å². The van der Waals surface area contributed by atoms with Crippen LogP contribution in [-0.4, -0.2) is 5.11 Å². The normalized spacial score (nSPS) is 10.8. The molecular weight excluding hydrogens is 299 g/mol. The van der Waals surface area contributed by atoms with Gasteiger partial charge >= 0.3 is 0 Å². The van der Waals surface area contributed by atoms with Gasteiger partial charge in [0.15, 0.2) is 0 Å². The van der Waals surface area contributed by atoms with Crippen molar-refractivity contribution >= 4 is 33.4 Å². The van der Waals surface area contributed by atoms with Crippen molar-refractivity contribution in [2.75, 3.05) is 0 Å². The molecule has 0 aromatic heterocycles. The van der Waals surface area contributed by atoms with E-state index in [9.17, 15) is 5.11 Å². The van der Waals surface area contributed by atoms with Gasteiger partial charge in [-0.2, -0.15) is 0 Å². The number of aryl methyl sites for hydroxylation is 1. The monoisotopic (exact) mass is 312 g/mol. The van der Waals surface area contributed by atoms with Crippen molar-refractivity contribution in [2.45, 2.75) is 19.8 Å². The molecule has 0 aliphatic rings. The molecule has 0 heterocycles. The Morgan fingerprint density at radius 3 is 2.73 bits per heavy atom. The molecule has 15 heavy (non-hydrogen) atoms. The molecule has 0 saturated carbocycles. The molecule has 0 saturated heterocycles. The fraction of sp³-hybridized carbons (Fsp3) is 0.231. The summed E-state index contributed by atoms with van der Waals surface area (Å²) in [6, 6.07) is 10.2. The second kappa shape index (κ2) is 4.39. The maximum atomic E-state index is 9.58. The number of phenols is 1. The van der Waals surface area contributed by atoms with Crippen LogP contribution in [0, 0.1) is 3.57 Å². The van der Waals surface area contributed by atoms with Crippen molar-refractivity contribution in [3.63, 3.8) is 0 Å². The zero-order chi connectivity index (χ0) is 10.8. The van der Waals surface area contributed by atoms with Crippen LogP contribution in [0.25, 0.3) is 10.8 Å². The van der Waals surface area contributed by atoms with Gasteiger partial charge in [-0.25, -0.2) is 0 Å². The Hall–Kier alpha value is -0.770. The quantitative estimate of drug-likeness (QED) is 0.828. The number of fused-ring (bicyclic) bond motifs is 1. The third-order valence-electron chi connectivity index (χ3n) is 2.54. The molecular formula is C13H13IO. The van der Waals surface area contributed by atoms with Gasteiger partial charge in [-0.05, 0) is 51.4 Å². The van der Waals surface area contributed by atoms with E-state index in [0.717, 1.165) is 15.4 Å². The number of hydrogen-bond donors (Lipinski definition) is 1. The largest absolute Gasteiger partial charge is 0.507 e. The van der Waals surface area contributed by atoms with Crippen LogP contribution < -0.4 is 0 Å². The Labute approximate surface area is 103 Å². The van der Waals surface area contributed by atoms with E-state index in [2.05, 4.69) is 47.7 Å². The smallest absolute Gasteiger partial charge is 0.129 e. The fourth-order valence-electron chi connectivity index (χ4n) is 1.77. The molecule has 0 atom stereocenters. The van der Waals surface area contributed by atoms with Crippen LogP contribution in [0.2, 0.25) is 0 Å². The van der Waals surface area contributed by atoms with E-state index < -0.39 is 0 Å². The summed E-state index contributed by atoms with van der Waals surface area (Å²) < 4.78 is 0.938. The van der Waals surface area contributed by atoms with Crippen LogP contribution in [0.1, 0.15) is 18.9 Å². The van der Waals surface area contributed by atoms with Gasteiger partial charge in [-0.1, -0.05) is 37.6 Å². The summed E-state index contributed by atoms with van der Waals surface area (Å²) in [5.74, 6) is 0.367. The lowest BCUT2D eigenvalue weighted by Crippen LogP contribution is -1.85. The SMILES string of the molecule is CCCc1ccc2c(I)c(O)ccc2c1. The highest BCUT2D eigenvalue weighted by Gasteiger charge is 2.03. The first kappa shape index (κ1) is 10.7.